The van der Waals surface area contributed by atoms with Crippen LogP contribution in [-0.2, 0) is 26.5 Å². The lowest BCUT2D eigenvalue weighted by Gasteiger charge is -2.36. The molecule has 0 fully saturated rings. The Kier molecular flexibility index (Phi) is 9.79. The number of hydroxylamine groups is 1. The summed E-state index contributed by atoms with van der Waals surface area (Å²) in [4.78, 5) is 31.0. The lowest BCUT2D eigenvalue weighted by Crippen LogP contribution is -2.46. The number of carbonyl (C=O) groups excluding carboxylic acids is 2. The average molecular weight is 605 g/mol. The number of nitrogens with one attached hydrogen (secondary N) is 3. The minimum Gasteiger partial charge on any atom is -0.348 e. The molecule has 0 aliphatic rings. The van der Waals surface area contributed by atoms with Crippen molar-refractivity contribution in [1.82, 2.24) is 25.8 Å². The number of benzene rings is 4. The van der Waals surface area contributed by atoms with Crippen LogP contribution in [0.15, 0.2) is 121 Å². The average Bonchev–Trinajstić information content (AvgIpc) is 3.52. The molecule has 0 atom stereocenters. The molecule has 10 nitrogen and oxygen atoms in total. The fourth-order valence-corrected chi connectivity index (χ4v) is 5.03. The fourth-order valence-electron chi connectivity index (χ4n) is 5.03. The molecule has 1 heterocycles. The minimum absolute atomic E-state index is 0.0564. The third kappa shape index (κ3) is 8.07. The summed E-state index contributed by atoms with van der Waals surface area (Å²) < 4.78 is 2.16. The second-order valence-electron chi connectivity index (χ2n) is 11.7. The summed E-state index contributed by atoms with van der Waals surface area (Å²) >= 11 is 0. The first kappa shape index (κ1) is 31.3. The predicted molar refractivity (Wildman–Crippen MR) is 173 cm³/mol. The topological polar surface area (TPSA) is 110 Å². The van der Waals surface area contributed by atoms with Crippen molar-refractivity contribution in [3.05, 3.63) is 144 Å². The summed E-state index contributed by atoms with van der Waals surface area (Å²) in [6.45, 7) is 0.335. The largest absolute Gasteiger partial charge is 0.348 e. The van der Waals surface area contributed by atoms with Gasteiger partial charge in [-0.1, -0.05) is 96.2 Å². The van der Waals surface area contributed by atoms with Crippen molar-refractivity contribution in [2.24, 2.45) is 0 Å². The van der Waals surface area contributed by atoms with Gasteiger partial charge in [0, 0.05) is 5.69 Å². The van der Waals surface area contributed by atoms with Crippen molar-refractivity contribution in [2.75, 3.05) is 39.6 Å². The molecule has 1 aromatic heterocycles. The Hall–Kier alpha value is -5.16. The molecule has 10 heteroatoms. The second kappa shape index (κ2) is 14.1. The van der Waals surface area contributed by atoms with Crippen LogP contribution in [0.25, 0.3) is 5.69 Å². The van der Waals surface area contributed by atoms with Crippen LogP contribution in [0.1, 0.15) is 22.4 Å². The van der Waals surface area contributed by atoms with Crippen molar-refractivity contribution < 1.29 is 18.9 Å². The van der Waals surface area contributed by atoms with E-state index in [1.165, 1.54) is 0 Å². The van der Waals surface area contributed by atoms with Gasteiger partial charge in [-0.05, 0) is 41.0 Å². The van der Waals surface area contributed by atoms with Crippen LogP contribution >= 0.6 is 0 Å². The van der Waals surface area contributed by atoms with Gasteiger partial charge in [0.05, 0.1) is 39.6 Å². The number of anilines is 1. The van der Waals surface area contributed by atoms with E-state index in [1.54, 1.807) is 10.9 Å². The summed E-state index contributed by atoms with van der Waals surface area (Å²) in [6, 6.07) is 37.4. The van der Waals surface area contributed by atoms with Crippen LogP contribution in [0, 0.1) is 0 Å². The number of hydrogen-bond acceptors (Lipinski definition) is 6. The third-order valence-electron chi connectivity index (χ3n) is 7.09. The van der Waals surface area contributed by atoms with E-state index in [1.807, 2.05) is 136 Å². The molecular formula is C35H38N7O3+. The van der Waals surface area contributed by atoms with Gasteiger partial charge in [-0.3, -0.25) is 14.4 Å². The van der Waals surface area contributed by atoms with E-state index in [4.69, 9.17) is 4.84 Å². The van der Waals surface area contributed by atoms with Gasteiger partial charge >= 0.3 is 0 Å². The van der Waals surface area contributed by atoms with Crippen molar-refractivity contribution >= 4 is 17.5 Å². The molecule has 4 aromatic carbocycles. The van der Waals surface area contributed by atoms with E-state index < -0.39 is 5.54 Å². The number of likely N-dealkylation sites (N-methyl/N-ethyl adjacent to an activating group) is 1. The van der Waals surface area contributed by atoms with Crippen LogP contribution in [0.3, 0.4) is 0 Å². The highest BCUT2D eigenvalue weighted by molar-refractivity contribution is 5.91. The highest BCUT2D eigenvalue weighted by Crippen LogP contribution is 2.36. The zero-order chi connectivity index (χ0) is 31.7. The van der Waals surface area contributed by atoms with Gasteiger partial charge < -0.3 is 15.1 Å². The normalized spacial score (nSPS) is 11.6. The van der Waals surface area contributed by atoms with Crippen LogP contribution < -0.4 is 16.1 Å². The Balaban J connectivity index is 1.20. The van der Waals surface area contributed by atoms with E-state index in [-0.39, 0.29) is 25.0 Å². The van der Waals surface area contributed by atoms with Crippen LogP contribution in [-0.4, -0.2) is 65.6 Å². The molecule has 45 heavy (non-hydrogen) atoms. The van der Waals surface area contributed by atoms with Crippen molar-refractivity contribution in [3.8, 4) is 5.69 Å². The van der Waals surface area contributed by atoms with Crippen molar-refractivity contribution in [1.29, 1.82) is 0 Å². The number of amides is 2. The highest BCUT2D eigenvalue weighted by atomic mass is 16.6. The van der Waals surface area contributed by atoms with Gasteiger partial charge in [0.2, 0.25) is 5.91 Å². The molecule has 0 saturated carbocycles. The molecule has 2 amide bonds. The monoisotopic (exact) mass is 604 g/mol. The lowest BCUT2D eigenvalue weighted by atomic mass is 9.78. The first-order valence-electron chi connectivity index (χ1n) is 14.7. The summed E-state index contributed by atoms with van der Waals surface area (Å²) in [5.74, 6) is -0.367. The van der Waals surface area contributed by atoms with E-state index in [9.17, 15) is 9.59 Å². The predicted octanol–water partition coefficient (Wildman–Crippen LogP) is 4.04. The van der Waals surface area contributed by atoms with Crippen molar-refractivity contribution in [2.45, 2.75) is 12.1 Å². The standard InChI is InChI=1S/C35H37N7O3/c1-42(2,3)25-33(43)37-30-19-21-32(22-20-30)41-24-31(38-40-41)23-36-34(44)26-45-39-35(27-13-7-4-8-14-27,28-15-9-5-10-16-28)29-17-11-6-12-18-29/h4-22,24,39H,23,25-26H2,1-3H3,(H-,36,37,43,44)/p+1. The number of hydrogen-bond donors (Lipinski definition) is 3. The Morgan fingerprint density at radius 1 is 0.756 bits per heavy atom. The number of rotatable bonds is 13. The molecule has 0 aliphatic carbocycles. The number of nitrogens with zero attached hydrogens (tertiary/aromatic N) is 4. The van der Waals surface area contributed by atoms with E-state index in [0.29, 0.717) is 22.4 Å². The van der Waals surface area contributed by atoms with Gasteiger partial charge in [-0.25, -0.2) is 4.68 Å². The Bertz CT molecular complexity index is 1590. The maximum atomic E-state index is 12.8. The molecule has 0 aliphatic heterocycles. The zero-order valence-corrected chi connectivity index (χ0v) is 25.7. The molecule has 5 rings (SSSR count). The molecule has 0 saturated heterocycles. The summed E-state index contributed by atoms with van der Waals surface area (Å²) in [5, 5.41) is 14.1. The molecular weight excluding hydrogens is 566 g/mol. The molecule has 3 N–H and O–H groups in total. The molecule has 0 radical (unpaired) electrons. The van der Waals surface area contributed by atoms with E-state index >= 15 is 0 Å². The SMILES string of the molecule is C[N+](C)(C)CC(=O)Nc1ccc(-n2cc(CNC(=O)CONC(c3ccccc3)(c3ccccc3)c3ccccc3)nn2)cc1. The molecule has 5 aromatic rings. The first-order chi connectivity index (χ1) is 21.7. The molecule has 0 bridgehead atoms. The quantitative estimate of drug-likeness (QED) is 0.106. The summed E-state index contributed by atoms with van der Waals surface area (Å²) in [5.41, 5.74) is 7.37. The van der Waals surface area contributed by atoms with Gasteiger partial charge in [-0.2, -0.15) is 5.48 Å². The summed E-state index contributed by atoms with van der Waals surface area (Å²) in [6.07, 6.45) is 1.75. The van der Waals surface area contributed by atoms with Crippen LogP contribution in [0.5, 0.6) is 0 Å². The third-order valence-corrected chi connectivity index (χ3v) is 7.09. The lowest BCUT2D eigenvalue weighted by molar-refractivity contribution is -0.861. The highest BCUT2D eigenvalue weighted by Gasteiger charge is 2.37. The maximum Gasteiger partial charge on any atom is 0.279 e. The Morgan fingerprint density at radius 3 is 1.80 bits per heavy atom. The van der Waals surface area contributed by atoms with Crippen LogP contribution in [0.4, 0.5) is 5.69 Å². The molecule has 0 unspecified atom stereocenters. The van der Waals surface area contributed by atoms with Gasteiger partial charge in [0.15, 0.2) is 6.54 Å². The zero-order valence-electron chi connectivity index (χ0n) is 25.7. The van der Waals surface area contributed by atoms with Gasteiger partial charge in [-0.15, -0.1) is 5.10 Å². The van der Waals surface area contributed by atoms with Crippen LogP contribution in [0.2, 0.25) is 0 Å². The van der Waals surface area contributed by atoms with Gasteiger partial charge in [0.1, 0.15) is 17.8 Å². The number of quaternary nitrogens is 1. The number of aromatic nitrogens is 3. The first-order valence-corrected chi connectivity index (χ1v) is 14.7. The Labute approximate surface area is 263 Å². The van der Waals surface area contributed by atoms with E-state index in [2.05, 4.69) is 26.4 Å². The minimum atomic E-state index is -0.850. The smallest absolute Gasteiger partial charge is 0.279 e. The van der Waals surface area contributed by atoms with E-state index in [0.717, 1.165) is 22.4 Å². The summed E-state index contributed by atoms with van der Waals surface area (Å²) in [7, 11) is 5.89. The molecule has 230 valence electrons. The second-order valence-corrected chi connectivity index (χ2v) is 11.7. The van der Waals surface area contributed by atoms with Gasteiger partial charge in [0.25, 0.3) is 5.91 Å². The fraction of sp³-hybridized carbons (Fsp3) is 0.200. The van der Waals surface area contributed by atoms with Crippen molar-refractivity contribution in [3.63, 3.8) is 0 Å². The Morgan fingerprint density at radius 2 is 1.29 bits per heavy atom. The maximum absolute atomic E-state index is 12.8. The number of carbonyl (C=O) groups is 2. The molecule has 0 spiro atoms.